The summed E-state index contributed by atoms with van der Waals surface area (Å²) in [7, 11) is 0. The first kappa shape index (κ1) is 11.5. The summed E-state index contributed by atoms with van der Waals surface area (Å²) in [5.41, 5.74) is 0.204. The summed E-state index contributed by atoms with van der Waals surface area (Å²) in [6, 6.07) is 3.14. The van der Waals surface area contributed by atoms with Crippen molar-refractivity contribution in [1.29, 1.82) is 5.26 Å². The van der Waals surface area contributed by atoms with Gasteiger partial charge >= 0.3 is 0 Å². The van der Waals surface area contributed by atoms with Gasteiger partial charge in [-0.3, -0.25) is 4.90 Å². The molecule has 2 unspecified atom stereocenters. The molecule has 0 spiro atoms. The summed E-state index contributed by atoms with van der Waals surface area (Å²) in [5.74, 6) is 0. The Morgan fingerprint density at radius 2 is 2.14 bits per heavy atom. The monoisotopic (exact) mass is 195 g/mol. The highest BCUT2D eigenvalue weighted by Crippen LogP contribution is 2.20. The summed E-state index contributed by atoms with van der Waals surface area (Å²) in [6.45, 7) is 10.9. The van der Waals surface area contributed by atoms with Gasteiger partial charge in [-0.05, 0) is 27.7 Å². The smallest absolute Gasteiger partial charge is 0.0638 e. The maximum atomic E-state index is 8.66. The van der Waals surface area contributed by atoms with Crippen LogP contribution in [0.5, 0.6) is 0 Å². The number of nitriles is 1. The lowest BCUT2D eigenvalue weighted by molar-refractivity contribution is 0.0506. The lowest BCUT2D eigenvalue weighted by Crippen LogP contribution is -2.60. The van der Waals surface area contributed by atoms with E-state index in [1.165, 1.54) is 0 Å². The minimum atomic E-state index is 0.204. The SMILES string of the molecule is CC1CNC(CC#N)CN1C(C)(C)C. The molecule has 1 aliphatic rings. The molecule has 0 aromatic carbocycles. The molecule has 1 rings (SSSR count). The number of piperazine rings is 1. The van der Waals surface area contributed by atoms with E-state index in [1.807, 2.05) is 0 Å². The summed E-state index contributed by atoms with van der Waals surface area (Å²) in [4.78, 5) is 2.48. The molecule has 1 saturated heterocycles. The van der Waals surface area contributed by atoms with Crippen LogP contribution in [0.1, 0.15) is 34.1 Å². The standard InChI is InChI=1S/C11H21N3/c1-9-7-13-10(5-6-12)8-14(9)11(2,3)4/h9-10,13H,5,7-8H2,1-4H3. The summed E-state index contributed by atoms with van der Waals surface area (Å²) < 4.78 is 0. The molecular formula is C11H21N3. The van der Waals surface area contributed by atoms with Crippen LogP contribution >= 0.6 is 0 Å². The van der Waals surface area contributed by atoms with Crippen LogP contribution in [0, 0.1) is 11.3 Å². The Bertz CT molecular complexity index is 224. The minimum Gasteiger partial charge on any atom is -0.310 e. The van der Waals surface area contributed by atoms with Gasteiger partial charge in [0.1, 0.15) is 0 Å². The Morgan fingerprint density at radius 1 is 1.50 bits per heavy atom. The fourth-order valence-corrected chi connectivity index (χ4v) is 2.11. The predicted molar refractivity (Wildman–Crippen MR) is 57.9 cm³/mol. The quantitative estimate of drug-likeness (QED) is 0.686. The molecule has 2 atom stereocenters. The van der Waals surface area contributed by atoms with Crippen molar-refractivity contribution in [2.45, 2.75) is 51.7 Å². The molecule has 0 radical (unpaired) electrons. The van der Waals surface area contributed by atoms with E-state index in [2.05, 4.69) is 44.0 Å². The van der Waals surface area contributed by atoms with Gasteiger partial charge < -0.3 is 5.32 Å². The second kappa shape index (κ2) is 4.29. The van der Waals surface area contributed by atoms with Gasteiger partial charge in [0, 0.05) is 30.7 Å². The molecule has 80 valence electrons. The summed E-state index contributed by atoms with van der Waals surface area (Å²) >= 11 is 0. The van der Waals surface area contributed by atoms with E-state index in [0.717, 1.165) is 13.1 Å². The van der Waals surface area contributed by atoms with E-state index >= 15 is 0 Å². The van der Waals surface area contributed by atoms with Crippen molar-refractivity contribution in [3.05, 3.63) is 0 Å². The van der Waals surface area contributed by atoms with Crippen LogP contribution in [0.25, 0.3) is 0 Å². The number of hydrogen-bond donors (Lipinski definition) is 1. The third kappa shape index (κ3) is 2.70. The molecule has 1 aliphatic heterocycles. The zero-order valence-electron chi connectivity index (χ0n) is 9.67. The van der Waals surface area contributed by atoms with Crippen molar-refractivity contribution < 1.29 is 0 Å². The van der Waals surface area contributed by atoms with E-state index in [1.54, 1.807) is 0 Å². The molecule has 3 heteroatoms. The third-order valence-electron chi connectivity index (χ3n) is 2.85. The summed E-state index contributed by atoms with van der Waals surface area (Å²) in [5, 5.41) is 12.1. The normalized spacial score (nSPS) is 29.9. The van der Waals surface area contributed by atoms with Crippen LogP contribution < -0.4 is 5.32 Å². The van der Waals surface area contributed by atoms with Gasteiger partial charge in [0.05, 0.1) is 12.5 Å². The van der Waals surface area contributed by atoms with Crippen molar-refractivity contribution >= 4 is 0 Å². The highest BCUT2D eigenvalue weighted by Gasteiger charge is 2.31. The number of nitrogens with one attached hydrogen (secondary N) is 1. The molecule has 0 aliphatic carbocycles. The van der Waals surface area contributed by atoms with E-state index in [0.29, 0.717) is 18.5 Å². The van der Waals surface area contributed by atoms with Gasteiger partial charge in [-0.1, -0.05) is 0 Å². The van der Waals surface area contributed by atoms with E-state index in [-0.39, 0.29) is 5.54 Å². The maximum absolute atomic E-state index is 8.66. The van der Waals surface area contributed by atoms with Crippen molar-refractivity contribution in [2.24, 2.45) is 0 Å². The van der Waals surface area contributed by atoms with Gasteiger partial charge in [-0.15, -0.1) is 0 Å². The average molecular weight is 195 g/mol. The average Bonchev–Trinajstić information content (AvgIpc) is 2.07. The Balaban J connectivity index is 2.61. The molecule has 1 heterocycles. The number of hydrogen-bond acceptors (Lipinski definition) is 3. The van der Waals surface area contributed by atoms with Crippen molar-refractivity contribution in [3.8, 4) is 6.07 Å². The first-order valence-electron chi connectivity index (χ1n) is 5.32. The Hall–Kier alpha value is -0.590. The van der Waals surface area contributed by atoms with Gasteiger partial charge in [-0.2, -0.15) is 5.26 Å². The fraction of sp³-hybridized carbons (Fsp3) is 0.909. The Morgan fingerprint density at radius 3 is 2.64 bits per heavy atom. The molecule has 3 nitrogen and oxygen atoms in total. The van der Waals surface area contributed by atoms with Crippen LogP contribution in [0.2, 0.25) is 0 Å². The molecular weight excluding hydrogens is 174 g/mol. The Kier molecular flexibility index (Phi) is 3.52. The molecule has 14 heavy (non-hydrogen) atoms. The lowest BCUT2D eigenvalue weighted by atomic mass is 9.98. The highest BCUT2D eigenvalue weighted by molar-refractivity contribution is 4.93. The molecule has 0 bridgehead atoms. The molecule has 0 aromatic rings. The number of nitrogens with zero attached hydrogens (tertiary/aromatic N) is 2. The van der Waals surface area contributed by atoms with Crippen LogP contribution in [0.3, 0.4) is 0 Å². The molecule has 1 fully saturated rings. The summed E-state index contributed by atoms with van der Waals surface area (Å²) in [6.07, 6.45) is 0.610. The highest BCUT2D eigenvalue weighted by atomic mass is 15.3. The van der Waals surface area contributed by atoms with Gasteiger partial charge in [0.25, 0.3) is 0 Å². The van der Waals surface area contributed by atoms with E-state index < -0.39 is 0 Å². The Labute approximate surface area is 87.1 Å². The van der Waals surface area contributed by atoms with Crippen molar-refractivity contribution in [1.82, 2.24) is 10.2 Å². The van der Waals surface area contributed by atoms with Gasteiger partial charge in [0.2, 0.25) is 0 Å². The van der Waals surface area contributed by atoms with Gasteiger partial charge in [-0.25, -0.2) is 0 Å². The predicted octanol–water partition coefficient (Wildman–Crippen LogP) is 1.36. The van der Waals surface area contributed by atoms with Crippen molar-refractivity contribution in [2.75, 3.05) is 13.1 Å². The minimum absolute atomic E-state index is 0.204. The third-order valence-corrected chi connectivity index (χ3v) is 2.85. The second-order valence-electron chi connectivity index (χ2n) is 5.14. The van der Waals surface area contributed by atoms with E-state index in [9.17, 15) is 0 Å². The molecule has 0 saturated carbocycles. The molecule has 0 aromatic heterocycles. The first-order chi connectivity index (χ1) is 6.45. The zero-order valence-corrected chi connectivity index (χ0v) is 9.67. The van der Waals surface area contributed by atoms with E-state index in [4.69, 9.17) is 5.26 Å². The molecule has 0 amide bonds. The van der Waals surface area contributed by atoms with Gasteiger partial charge in [0.15, 0.2) is 0 Å². The molecule has 1 N–H and O–H groups in total. The van der Waals surface area contributed by atoms with Crippen LogP contribution in [0.4, 0.5) is 0 Å². The van der Waals surface area contributed by atoms with Crippen LogP contribution in [0.15, 0.2) is 0 Å². The topological polar surface area (TPSA) is 39.1 Å². The largest absolute Gasteiger partial charge is 0.310 e. The maximum Gasteiger partial charge on any atom is 0.0638 e. The fourth-order valence-electron chi connectivity index (χ4n) is 2.11. The van der Waals surface area contributed by atoms with Crippen molar-refractivity contribution in [3.63, 3.8) is 0 Å². The lowest BCUT2D eigenvalue weighted by Gasteiger charge is -2.46. The van der Waals surface area contributed by atoms with Crippen LogP contribution in [-0.4, -0.2) is 35.6 Å². The number of rotatable bonds is 1. The second-order valence-corrected chi connectivity index (χ2v) is 5.14. The van der Waals surface area contributed by atoms with Crippen LogP contribution in [-0.2, 0) is 0 Å². The zero-order chi connectivity index (χ0) is 10.8. The first-order valence-corrected chi connectivity index (χ1v) is 5.32.